The molecule has 0 bridgehead atoms. The molecular weight excluding hydrogens is 431 g/mol. The van der Waals surface area contributed by atoms with Crippen LogP contribution in [0.3, 0.4) is 0 Å². The van der Waals surface area contributed by atoms with E-state index in [4.69, 9.17) is 9.47 Å². The van der Waals surface area contributed by atoms with Crippen LogP contribution in [-0.2, 0) is 20.8 Å². The number of aliphatic hydroxyl groups excluding tert-OH is 1. The van der Waals surface area contributed by atoms with E-state index in [9.17, 15) is 19.1 Å². The van der Waals surface area contributed by atoms with Crippen molar-refractivity contribution in [2.75, 3.05) is 19.8 Å². The molecule has 2 aromatic rings. The molecule has 2 N–H and O–H groups in total. The number of halogens is 1. The van der Waals surface area contributed by atoms with E-state index in [0.717, 1.165) is 5.56 Å². The first-order valence-corrected chi connectivity index (χ1v) is 11.0. The minimum absolute atomic E-state index is 0.0830. The number of nitrogens with zero attached hydrogens (tertiary/aromatic N) is 3. The Labute approximate surface area is 190 Å². The zero-order valence-electron chi connectivity index (χ0n) is 18.1. The zero-order valence-corrected chi connectivity index (χ0v) is 18.1. The molecule has 0 aliphatic carbocycles. The van der Waals surface area contributed by atoms with Crippen LogP contribution in [0, 0.1) is 5.82 Å². The van der Waals surface area contributed by atoms with Gasteiger partial charge in [-0.2, -0.15) is 0 Å². The van der Waals surface area contributed by atoms with E-state index in [-0.39, 0.29) is 61.7 Å². The molecule has 0 unspecified atom stereocenters. The monoisotopic (exact) mass is 458 g/mol. The molecule has 0 radical (unpaired) electrons. The van der Waals surface area contributed by atoms with Gasteiger partial charge in [-0.3, -0.25) is 14.6 Å². The van der Waals surface area contributed by atoms with E-state index >= 15 is 0 Å². The fourth-order valence-electron chi connectivity index (χ4n) is 4.21. The molecule has 1 aromatic heterocycles. The average Bonchev–Trinajstić information content (AvgIpc) is 2.82. The summed E-state index contributed by atoms with van der Waals surface area (Å²) in [5.74, 6) is -0.813. The molecule has 2 amide bonds. The van der Waals surface area contributed by atoms with E-state index in [1.807, 2.05) is 0 Å². The first-order chi connectivity index (χ1) is 16.0. The molecule has 2 aliphatic rings. The standard InChI is InChI=1S/C23H27FN4O5/c24-16-3-1-15(2-4-16)10-27-22(30)9-18-5-6-20-21(33-18)14-32-13-17(29)12-28(20)23(31)19-11-25-7-8-26-19/h1-4,7-8,11,17-18,20-21,29H,5-6,9-10,12-14H2,(H,27,30)/t17-,18-,20+,21-/m0/s1. The lowest BCUT2D eigenvalue weighted by molar-refractivity contribution is -0.151. The molecule has 0 saturated carbocycles. The summed E-state index contributed by atoms with van der Waals surface area (Å²) in [4.78, 5) is 35.2. The smallest absolute Gasteiger partial charge is 0.274 e. The van der Waals surface area contributed by atoms with Gasteiger partial charge in [0.15, 0.2) is 0 Å². The summed E-state index contributed by atoms with van der Waals surface area (Å²) in [6.45, 7) is 0.696. The molecule has 2 fully saturated rings. The Morgan fingerprint density at radius 2 is 2.00 bits per heavy atom. The molecule has 0 spiro atoms. The van der Waals surface area contributed by atoms with Gasteiger partial charge in [-0.1, -0.05) is 12.1 Å². The lowest BCUT2D eigenvalue weighted by Gasteiger charge is -2.44. The van der Waals surface area contributed by atoms with Gasteiger partial charge in [0.1, 0.15) is 17.6 Å². The quantitative estimate of drug-likeness (QED) is 0.689. The highest BCUT2D eigenvalue weighted by Gasteiger charge is 2.40. The maximum atomic E-state index is 13.1. The largest absolute Gasteiger partial charge is 0.389 e. The number of nitrogens with one attached hydrogen (secondary N) is 1. The second-order valence-electron chi connectivity index (χ2n) is 8.29. The van der Waals surface area contributed by atoms with E-state index in [1.165, 1.54) is 30.7 Å². The van der Waals surface area contributed by atoms with Crippen molar-refractivity contribution in [2.24, 2.45) is 0 Å². The molecule has 3 heterocycles. The number of fused-ring (bicyclic) bond motifs is 1. The number of hydrogen-bond acceptors (Lipinski definition) is 7. The van der Waals surface area contributed by atoms with Gasteiger partial charge in [-0.15, -0.1) is 0 Å². The Kier molecular flexibility index (Phi) is 7.58. The van der Waals surface area contributed by atoms with Crippen molar-refractivity contribution in [3.05, 3.63) is 59.9 Å². The lowest BCUT2D eigenvalue weighted by Crippen LogP contribution is -2.57. The van der Waals surface area contributed by atoms with Crippen molar-refractivity contribution in [1.29, 1.82) is 0 Å². The van der Waals surface area contributed by atoms with Gasteiger partial charge >= 0.3 is 0 Å². The van der Waals surface area contributed by atoms with Gasteiger partial charge in [0, 0.05) is 25.5 Å². The second-order valence-corrected chi connectivity index (χ2v) is 8.29. The van der Waals surface area contributed by atoms with Crippen LogP contribution in [0.15, 0.2) is 42.9 Å². The molecule has 33 heavy (non-hydrogen) atoms. The topological polar surface area (TPSA) is 114 Å². The number of carbonyl (C=O) groups is 2. The van der Waals surface area contributed by atoms with Crippen molar-refractivity contribution in [3.63, 3.8) is 0 Å². The summed E-state index contributed by atoms with van der Waals surface area (Å²) in [5.41, 5.74) is 1.01. The third kappa shape index (κ3) is 6.10. The molecule has 9 nitrogen and oxygen atoms in total. The van der Waals surface area contributed by atoms with E-state index in [1.54, 1.807) is 17.0 Å². The Bertz CT molecular complexity index is 946. The number of amides is 2. The van der Waals surface area contributed by atoms with E-state index in [2.05, 4.69) is 15.3 Å². The van der Waals surface area contributed by atoms with Gasteiger partial charge in [0.05, 0.1) is 44.1 Å². The van der Waals surface area contributed by atoms with Gasteiger partial charge in [-0.25, -0.2) is 9.37 Å². The van der Waals surface area contributed by atoms with Crippen molar-refractivity contribution < 1.29 is 28.6 Å². The predicted octanol–water partition coefficient (Wildman–Crippen LogP) is 1.07. The Balaban J connectivity index is 1.37. The van der Waals surface area contributed by atoms with E-state index in [0.29, 0.717) is 19.4 Å². The molecule has 1 aromatic carbocycles. The number of benzene rings is 1. The normalized spacial score (nSPS) is 25.5. The highest BCUT2D eigenvalue weighted by molar-refractivity contribution is 5.92. The van der Waals surface area contributed by atoms with Crippen molar-refractivity contribution in [3.8, 4) is 0 Å². The summed E-state index contributed by atoms with van der Waals surface area (Å²) in [7, 11) is 0. The maximum Gasteiger partial charge on any atom is 0.274 e. The lowest BCUT2D eigenvalue weighted by atomic mass is 9.94. The Morgan fingerprint density at radius 3 is 2.76 bits per heavy atom. The van der Waals surface area contributed by atoms with Crippen LogP contribution in [0.2, 0.25) is 0 Å². The number of rotatable bonds is 5. The zero-order chi connectivity index (χ0) is 23.2. The van der Waals surface area contributed by atoms with Crippen LogP contribution in [0.1, 0.15) is 35.3 Å². The summed E-state index contributed by atoms with van der Waals surface area (Å²) in [6.07, 6.45) is 4.12. The van der Waals surface area contributed by atoms with Gasteiger partial charge < -0.3 is 24.8 Å². The summed E-state index contributed by atoms with van der Waals surface area (Å²) in [5, 5.41) is 13.1. The SMILES string of the molecule is O=C(C[C@@H]1CC[C@@H]2[C@H](COC[C@@H](O)CN2C(=O)c2cnccn2)O1)NCc1ccc(F)cc1. The highest BCUT2D eigenvalue weighted by Crippen LogP contribution is 2.28. The molecule has 4 rings (SSSR count). The number of aliphatic hydroxyl groups is 1. The van der Waals surface area contributed by atoms with Crippen molar-refractivity contribution in [2.45, 2.75) is 50.2 Å². The number of β-amino-alcohol motifs (C(OH)–C–C–N with tert-alkyl or cyclic N) is 1. The van der Waals surface area contributed by atoms with Crippen LogP contribution in [-0.4, -0.2) is 75.9 Å². The third-order valence-electron chi connectivity index (χ3n) is 5.84. The summed E-state index contributed by atoms with van der Waals surface area (Å²) in [6, 6.07) is 5.64. The first-order valence-electron chi connectivity index (χ1n) is 11.0. The molecule has 4 atom stereocenters. The van der Waals surface area contributed by atoms with Gasteiger partial charge in [0.25, 0.3) is 5.91 Å². The molecule has 2 aliphatic heterocycles. The molecule has 10 heteroatoms. The van der Waals surface area contributed by atoms with Crippen LogP contribution in [0.25, 0.3) is 0 Å². The fraction of sp³-hybridized carbons (Fsp3) is 0.478. The summed E-state index contributed by atoms with van der Waals surface area (Å²) < 4.78 is 24.8. The minimum atomic E-state index is -0.818. The summed E-state index contributed by atoms with van der Waals surface area (Å²) >= 11 is 0. The van der Waals surface area contributed by atoms with Crippen LogP contribution in [0.4, 0.5) is 4.39 Å². The highest BCUT2D eigenvalue weighted by atomic mass is 19.1. The number of hydrogen-bond donors (Lipinski definition) is 2. The fourth-order valence-corrected chi connectivity index (χ4v) is 4.21. The van der Waals surface area contributed by atoms with Crippen molar-refractivity contribution >= 4 is 11.8 Å². The number of ether oxygens (including phenoxy) is 2. The van der Waals surface area contributed by atoms with E-state index < -0.39 is 12.2 Å². The number of aromatic nitrogens is 2. The number of carbonyl (C=O) groups excluding carboxylic acids is 2. The van der Waals surface area contributed by atoms with Crippen LogP contribution in [0.5, 0.6) is 0 Å². The molecule has 176 valence electrons. The maximum absolute atomic E-state index is 13.1. The third-order valence-corrected chi connectivity index (χ3v) is 5.84. The molecule has 2 saturated heterocycles. The minimum Gasteiger partial charge on any atom is -0.389 e. The first kappa shape index (κ1) is 23.2. The van der Waals surface area contributed by atoms with Crippen LogP contribution < -0.4 is 5.32 Å². The average molecular weight is 458 g/mol. The van der Waals surface area contributed by atoms with Gasteiger partial charge in [0.2, 0.25) is 5.91 Å². The predicted molar refractivity (Wildman–Crippen MR) is 114 cm³/mol. The van der Waals surface area contributed by atoms with Crippen LogP contribution >= 0.6 is 0 Å². The molecular formula is C23H27FN4O5. The Hall–Kier alpha value is -2.95. The second kappa shape index (κ2) is 10.8. The van der Waals surface area contributed by atoms with Crippen molar-refractivity contribution in [1.82, 2.24) is 20.2 Å². The Morgan fingerprint density at radius 1 is 1.18 bits per heavy atom. The van der Waals surface area contributed by atoms with Gasteiger partial charge in [-0.05, 0) is 30.5 Å².